The fourth-order valence-corrected chi connectivity index (χ4v) is 4.20. The Morgan fingerprint density at radius 1 is 1.00 bits per heavy atom. The molecule has 114 valence electrons. The van der Waals surface area contributed by atoms with Crippen molar-refractivity contribution < 1.29 is 4.79 Å². The van der Waals surface area contributed by atoms with E-state index in [9.17, 15) is 4.79 Å². The normalized spacial score (nSPS) is 23.9. The lowest BCUT2D eigenvalue weighted by Gasteiger charge is -2.45. The molecule has 1 unspecified atom stereocenters. The van der Waals surface area contributed by atoms with Gasteiger partial charge in [0, 0.05) is 5.56 Å². The first-order valence-corrected chi connectivity index (χ1v) is 8.54. The molecule has 1 saturated carbocycles. The highest BCUT2D eigenvalue weighted by Crippen LogP contribution is 2.44. The summed E-state index contributed by atoms with van der Waals surface area (Å²) in [6, 6.07) is 9.76. The summed E-state index contributed by atoms with van der Waals surface area (Å²) >= 11 is 0. The van der Waals surface area contributed by atoms with Crippen molar-refractivity contribution in [3.05, 3.63) is 35.9 Å². The lowest BCUT2D eigenvalue weighted by molar-refractivity contribution is 0.0439. The number of Topliss-reactive ketones (excluding diaryl/α,β-unsaturated/α-hetero) is 1. The molecule has 0 bridgehead atoms. The van der Waals surface area contributed by atoms with Gasteiger partial charge < -0.3 is 0 Å². The van der Waals surface area contributed by atoms with Crippen LogP contribution in [-0.2, 0) is 0 Å². The van der Waals surface area contributed by atoms with Gasteiger partial charge in [-0.25, -0.2) is 0 Å². The van der Waals surface area contributed by atoms with Crippen LogP contribution < -0.4 is 0 Å². The molecule has 1 aromatic carbocycles. The molecule has 0 radical (unpaired) electrons. The monoisotopic (exact) mass is 285 g/mol. The van der Waals surface area contributed by atoms with Gasteiger partial charge in [0.1, 0.15) is 0 Å². The fourth-order valence-electron chi connectivity index (χ4n) is 4.20. The zero-order valence-electron chi connectivity index (χ0n) is 13.2. The van der Waals surface area contributed by atoms with E-state index in [2.05, 4.69) is 11.8 Å². The van der Waals surface area contributed by atoms with Crippen LogP contribution in [-0.4, -0.2) is 29.8 Å². The lowest BCUT2D eigenvalue weighted by atomic mass is 9.68. The van der Waals surface area contributed by atoms with Crippen molar-refractivity contribution in [3.8, 4) is 0 Å². The van der Waals surface area contributed by atoms with E-state index in [1.807, 2.05) is 30.3 Å². The van der Waals surface area contributed by atoms with Gasteiger partial charge in [-0.15, -0.1) is 0 Å². The Morgan fingerprint density at radius 3 is 2.24 bits per heavy atom. The van der Waals surface area contributed by atoms with E-state index in [0.29, 0.717) is 5.41 Å². The van der Waals surface area contributed by atoms with Crippen LogP contribution in [0.15, 0.2) is 30.3 Å². The van der Waals surface area contributed by atoms with Crippen LogP contribution in [0.5, 0.6) is 0 Å². The predicted molar refractivity (Wildman–Crippen MR) is 86.6 cm³/mol. The van der Waals surface area contributed by atoms with Crippen molar-refractivity contribution >= 4 is 5.78 Å². The summed E-state index contributed by atoms with van der Waals surface area (Å²) in [5, 5.41) is 0. The van der Waals surface area contributed by atoms with Crippen LogP contribution in [0.4, 0.5) is 0 Å². The van der Waals surface area contributed by atoms with Crippen LogP contribution in [0, 0.1) is 5.41 Å². The maximum atomic E-state index is 12.6. The summed E-state index contributed by atoms with van der Waals surface area (Å²) in [7, 11) is 0. The van der Waals surface area contributed by atoms with Gasteiger partial charge in [0.2, 0.25) is 0 Å². The quantitative estimate of drug-likeness (QED) is 0.772. The first-order valence-electron chi connectivity index (χ1n) is 8.54. The van der Waals surface area contributed by atoms with Gasteiger partial charge in [-0.3, -0.25) is 9.69 Å². The van der Waals surface area contributed by atoms with E-state index < -0.39 is 0 Å². The predicted octanol–water partition coefficient (Wildman–Crippen LogP) is 4.30. The maximum Gasteiger partial charge on any atom is 0.179 e. The Morgan fingerprint density at radius 2 is 1.62 bits per heavy atom. The zero-order valence-corrected chi connectivity index (χ0v) is 13.2. The zero-order chi connectivity index (χ0) is 14.7. The summed E-state index contributed by atoms with van der Waals surface area (Å²) < 4.78 is 0. The topological polar surface area (TPSA) is 20.3 Å². The minimum Gasteiger partial charge on any atom is -0.293 e. The first kappa shape index (κ1) is 14.8. The molecule has 21 heavy (non-hydrogen) atoms. The third kappa shape index (κ3) is 3.21. The molecule has 0 N–H and O–H groups in total. The molecule has 2 aliphatic rings. The molecule has 1 spiro atoms. The van der Waals surface area contributed by atoms with E-state index in [-0.39, 0.29) is 11.8 Å². The summed E-state index contributed by atoms with van der Waals surface area (Å²) in [5.74, 6) is 0.273. The summed E-state index contributed by atoms with van der Waals surface area (Å²) in [6.45, 7) is 4.27. The molecular weight excluding hydrogens is 258 g/mol. The maximum absolute atomic E-state index is 12.6. The second-order valence-corrected chi connectivity index (χ2v) is 7.00. The van der Waals surface area contributed by atoms with Crippen molar-refractivity contribution in [2.45, 2.75) is 57.9 Å². The van der Waals surface area contributed by atoms with E-state index in [1.165, 1.54) is 44.9 Å². The Balaban J connectivity index is 1.60. The smallest absolute Gasteiger partial charge is 0.179 e. The SMILES string of the molecule is CC(C(=O)c1ccccc1)N1CCC2(CCCCC2)CC1. The Kier molecular flexibility index (Phi) is 4.44. The molecule has 0 amide bonds. The summed E-state index contributed by atoms with van der Waals surface area (Å²) in [4.78, 5) is 15.0. The van der Waals surface area contributed by atoms with Gasteiger partial charge in [0.25, 0.3) is 0 Å². The van der Waals surface area contributed by atoms with Crippen molar-refractivity contribution in [1.82, 2.24) is 4.90 Å². The molecule has 2 nitrogen and oxygen atoms in total. The minimum atomic E-state index is 0.0216. The molecule has 1 atom stereocenters. The van der Waals surface area contributed by atoms with Gasteiger partial charge >= 0.3 is 0 Å². The number of piperidine rings is 1. The standard InChI is InChI=1S/C19H27NO/c1-16(18(21)17-8-4-2-5-9-17)20-14-12-19(13-15-20)10-6-3-7-11-19/h2,4-5,8-9,16H,3,6-7,10-15H2,1H3. The van der Waals surface area contributed by atoms with E-state index in [1.54, 1.807) is 0 Å². The molecule has 3 rings (SSSR count). The number of carbonyl (C=O) groups excluding carboxylic acids is 1. The largest absolute Gasteiger partial charge is 0.293 e. The molecular formula is C19H27NO. The van der Waals surface area contributed by atoms with Crippen molar-refractivity contribution in [1.29, 1.82) is 0 Å². The van der Waals surface area contributed by atoms with Crippen LogP contribution in [0.1, 0.15) is 62.2 Å². The highest BCUT2D eigenvalue weighted by atomic mass is 16.1. The first-order chi connectivity index (χ1) is 10.2. The molecule has 2 fully saturated rings. The number of hydrogen-bond acceptors (Lipinski definition) is 2. The summed E-state index contributed by atoms with van der Waals surface area (Å²) in [5.41, 5.74) is 1.47. The van der Waals surface area contributed by atoms with E-state index in [0.717, 1.165) is 18.7 Å². The Hall–Kier alpha value is -1.15. The van der Waals surface area contributed by atoms with Crippen LogP contribution in [0.25, 0.3) is 0 Å². The van der Waals surface area contributed by atoms with Gasteiger partial charge in [0.15, 0.2) is 5.78 Å². The van der Waals surface area contributed by atoms with Crippen LogP contribution >= 0.6 is 0 Å². The number of likely N-dealkylation sites (tertiary alicyclic amines) is 1. The number of rotatable bonds is 3. The van der Waals surface area contributed by atoms with Crippen LogP contribution in [0.3, 0.4) is 0 Å². The van der Waals surface area contributed by atoms with Crippen molar-refractivity contribution in [2.75, 3.05) is 13.1 Å². The van der Waals surface area contributed by atoms with Crippen molar-refractivity contribution in [2.24, 2.45) is 5.41 Å². The third-order valence-electron chi connectivity index (χ3n) is 5.76. The van der Waals surface area contributed by atoms with Crippen molar-refractivity contribution in [3.63, 3.8) is 0 Å². The molecule has 1 saturated heterocycles. The molecule has 1 aromatic rings. The lowest BCUT2D eigenvalue weighted by Crippen LogP contribution is -2.47. The van der Waals surface area contributed by atoms with E-state index >= 15 is 0 Å². The average molecular weight is 285 g/mol. The Bertz CT molecular complexity index is 466. The highest BCUT2D eigenvalue weighted by Gasteiger charge is 2.37. The second-order valence-electron chi connectivity index (χ2n) is 7.00. The van der Waals surface area contributed by atoms with Crippen LogP contribution in [0.2, 0.25) is 0 Å². The van der Waals surface area contributed by atoms with Gasteiger partial charge in [-0.05, 0) is 51.1 Å². The third-order valence-corrected chi connectivity index (χ3v) is 5.76. The molecule has 1 heterocycles. The number of ketones is 1. The van der Waals surface area contributed by atoms with Gasteiger partial charge in [0.05, 0.1) is 6.04 Å². The fraction of sp³-hybridized carbons (Fsp3) is 0.632. The summed E-state index contributed by atoms with van der Waals surface area (Å²) in [6.07, 6.45) is 9.67. The minimum absolute atomic E-state index is 0.0216. The Labute approximate surface area is 128 Å². The number of benzene rings is 1. The second kappa shape index (κ2) is 6.31. The molecule has 2 heteroatoms. The molecule has 0 aromatic heterocycles. The molecule has 1 aliphatic carbocycles. The molecule has 1 aliphatic heterocycles. The van der Waals surface area contributed by atoms with Gasteiger partial charge in [-0.1, -0.05) is 49.6 Å². The van der Waals surface area contributed by atoms with Gasteiger partial charge in [-0.2, -0.15) is 0 Å². The average Bonchev–Trinajstić information content (AvgIpc) is 2.56. The highest BCUT2D eigenvalue weighted by molar-refractivity contribution is 5.99. The van der Waals surface area contributed by atoms with E-state index in [4.69, 9.17) is 0 Å². The number of carbonyl (C=O) groups is 1. The number of nitrogens with zero attached hydrogens (tertiary/aromatic N) is 1. The number of hydrogen-bond donors (Lipinski definition) is 0.